The lowest BCUT2D eigenvalue weighted by atomic mass is 10.1. The molecule has 0 aliphatic carbocycles. The Morgan fingerprint density at radius 2 is 1.05 bits per heavy atom. The summed E-state index contributed by atoms with van der Waals surface area (Å²) in [4.78, 5) is 0. The van der Waals surface area contributed by atoms with Crippen LogP contribution >= 0.6 is 0 Å². The standard InChI is InChI=1S/C14H8F6N2/c15-13(16,17)9-6-10(14(18,19)20)8-12(7-9)22-21-11-4-2-1-3-5-11/h1-8H. The van der Waals surface area contributed by atoms with E-state index in [0.717, 1.165) is 0 Å². The molecular weight excluding hydrogens is 310 g/mol. The first kappa shape index (κ1) is 16.0. The maximum absolute atomic E-state index is 12.7. The minimum atomic E-state index is -4.90. The first-order valence-electron chi connectivity index (χ1n) is 5.92. The van der Waals surface area contributed by atoms with Gasteiger partial charge in [-0.15, -0.1) is 0 Å². The summed E-state index contributed by atoms with van der Waals surface area (Å²) in [5.41, 5.74) is -3.06. The van der Waals surface area contributed by atoms with Crippen LogP contribution in [0.25, 0.3) is 0 Å². The highest BCUT2D eigenvalue weighted by molar-refractivity contribution is 5.46. The maximum atomic E-state index is 12.7. The second-order valence-corrected chi connectivity index (χ2v) is 4.30. The van der Waals surface area contributed by atoms with Crippen molar-refractivity contribution in [2.45, 2.75) is 12.4 Å². The predicted molar refractivity (Wildman–Crippen MR) is 67.1 cm³/mol. The zero-order chi connectivity index (χ0) is 16.4. The Hall–Kier alpha value is -2.38. The quantitative estimate of drug-likeness (QED) is 0.469. The second-order valence-electron chi connectivity index (χ2n) is 4.30. The minimum absolute atomic E-state index is 0.0432. The zero-order valence-corrected chi connectivity index (χ0v) is 10.8. The summed E-state index contributed by atoms with van der Waals surface area (Å²) in [6.07, 6.45) is -9.81. The van der Waals surface area contributed by atoms with E-state index in [-0.39, 0.29) is 6.07 Å². The number of nitrogens with zero attached hydrogens (tertiary/aromatic N) is 2. The van der Waals surface area contributed by atoms with Gasteiger partial charge in [-0.1, -0.05) is 18.2 Å². The summed E-state index contributed by atoms with van der Waals surface area (Å²) < 4.78 is 76.0. The van der Waals surface area contributed by atoms with Crippen LogP contribution in [0, 0.1) is 0 Å². The van der Waals surface area contributed by atoms with E-state index >= 15 is 0 Å². The molecule has 0 amide bonds. The van der Waals surface area contributed by atoms with E-state index in [0.29, 0.717) is 17.8 Å². The van der Waals surface area contributed by atoms with Crippen molar-refractivity contribution in [3.63, 3.8) is 0 Å². The van der Waals surface area contributed by atoms with Gasteiger partial charge < -0.3 is 0 Å². The van der Waals surface area contributed by atoms with E-state index in [1.165, 1.54) is 12.1 Å². The van der Waals surface area contributed by atoms with E-state index in [9.17, 15) is 26.3 Å². The van der Waals surface area contributed by atoms with Crippen molar-refractivity contribution in [3.05, 3.63) is 59.7 Å². The molecule has 0 saturated carbocycles. The van der Waals surface area contributed by atoms with Crippen LogP contribution < -0.4 is 0 Å². The molecule has 22 heavy (non-hydrogen) atoms. The Morgan fingerprint density at radius 1 is 0.591 bits per heavy atom. The lowest BCUT2D eigenvalue weighted by Crippen LogP contribution is -2.10. The monoisotopic (exact) mass is 318 g/mol. The molecule has 2 rings (SSSR count). The number of hydrogen-bond donors (Lipinski definition) is 0. The second kappa shape index (κ2) is 5.78. The summed E-state index contributed by atoms with van der Waals surface area (Å²) in [5, 5.41) is 7.06. The van der Waals surface area contributed by atoms with Gasteiger partial charge in [0, 0.05) is 0 Å². The lowest BCUT2D eigenvalue weighted by Gasteiger charge is -2.12. The molecule has 0 unspecified atom stereocenters. The molecule has 0 bridgehead atoms. The third-order valence-corrected chi connectivity index (χ3v) is 2.61. The van der Waals surface area contributed by atoms with Crippen molar-refractivity contribution >= 4 is 11.4 Å². The number of benzene rings is 2. The molecule has 0 atom stereocenters. The minimum Gasteiger partial charge on any atom is -0.166 e. The van der Waals surface area contributed by atoms with Crippen LogP contribution in [0.1, 0.15) is 11.1 Å². The normalized spacial score (nSPS) is 12.8. The molecule has 0 heterocycles. The number of azo groups is 1. The van der Waals surface area contributed by atoms with Crippen LogP contribution in [0.2, 0.25) is 0 Å². The average Bonchev–Trinajstić information content (AvgIpc) is 2.44. The van der Waals surface area contributed by atoms with Crippen molar-refractivity contribution in [1.82, 2.24) is 0 Å². The van der Waals surface area contributed by atoms with E-state index < -0.39 is 29.2 Å². The van der Waals surface area contributed by atoms with Crippen molar-refractivity contribution in [2.75, 3.05) is 0 Å². The molecule has 8 heteroatoms. The molecular formula is C14H8F6N2. The molecule has 2 aromatic carbocycles. The Labute approximate surface area is 121 Å². The molecule has 0 saturated heterocycles. The highest BCUT2D eigenvalue weighted by Crippen LogP contribution is 2.38. The van der Waals surface area contributed by atoms with E-state index in [2.05, 4.69) is 10.2 Å². The van der Waals surface area contributed by atoms with Gasteiger partial charge in [-0.25, -0.2) is 0 Å². The highest BCUT2D eigenvalue weighted by atomic mass is 19.4. The Morgan fingerprint density at radius 3 is 1.50 bits per heavy atom. The summed E-state index contributed by atoms with van der Waals surface area (Å²) >= 11 is 0. The third kappa shape index (κ3) is 4.06. The average molecular weight is 318 g/mol. The predicted octanol–water partition coefficient (Wildman–Crippen LogP) is 6.14. The van der Waals surface area contributed by atoms with Gasteiger partial charge in [0.15, 0.2) is 0 Å². The SMILES string of the molecule is FC(F)(F)c1cc(N=Nc2ccccc2)cc(C(F)(F)F)c1. The largest absolute Gasteiger partial charge is 0.416 e. The van der Waals surface area contributed by atoms with Gasteiger partial charge in [0.2, 0.25) is 0 Å². The number of alkyl halides is 6. The smallest absolute Gasteiger partial charge is 0.166 e. The van der Waals surface area contributed by atoms with Crippen LogP contribution in [0.5, 0.6) is 0 Å². The van der Waals surface area contributed by atoms with Crippen molar-refractivity contribution in [2.24, 2.45) is 10.2 Å². The fourth-order valence-electron chi connectivity index (χ4n) is 1.61. The maximum Gasteiger partial charge on any atom is 0.416 e. The molecule has 2 nitrogen and oxygen atoms in total. The summed E-state index contributed by atoms with van der Waals surface area (Å²) in [7, 11) is 0. The van der Waals surface area contributed by atoms with Gasteiger partial charge in [0.1, 0.15) is 0 Å². The molecule has 0 aliphatic rings. The molecule has 2 aromatic rings. The molecule has 0 N–H and O–H groups in total. The zero-order valence-electron chi connectivity index (χ0n) is 10.8. The van der Waals surface area contributed by atoms with Crippen LogP contribution in [-0.4, -0.2) is 0 Å². The number of hydrogen-bond acceptors (Lipinski definition) is 2. The van der Waals surface area contributed by atoms with E-state index in [4.69, 9.17) is 0 Å². The van der Waals surface area contributed by atoms with Gasteiger partial charge in [-0.3, -0.25) is 0 Å². The van der Waals surface area contributed by atoms with Gasteiger partial charge >= 0.3 is 12.4 Å². The number of halogens is 6. The molecule has 0 aliphatic heterocycles. The van der Waals surface area contributed by atoms with E-state index in [1.54, 1.807) is 18.2 Å². The lowest BCUT2D eigenvalue weighted by molar-refractivity contribution is -0.143. The Bertz CT molecular complexity index is 642. The topological polar surface area (TPSA) is 24.7 Å². The van der Waals surface area contributed by atoms with Crippen LogP contribution in [0.4, 0.5) is 37.7 Å². The first-order valence-corrected chi connectivity index (χ1v) is 5.92. The molecule has 0 spiro atoms. The molecule has 116 valence electrons. The summed E-state index contributed by atoms with van der Waals surface area (Å²) in [6, 6.07) is 9.02. The van der Waals surface area contributed by atoms with Crippen LogP contribution in [0.3, 0.4) is 0 Å². The fraction of sp³-hybridized carbons (Fsp3) is 0.143. The van der Waals surface area contributed by atoms with E-state index in [1.807, 2.05) is 0 Å². The van der Waals surface area contributed by atoms with Gasteiger partial charge in [-0.2, -0.15) is 36.6 Å². The molecule has 0 aromatic heterocycles. The summed E-state index contributed by atoms with van der Waals surface area (Å²) in [6.45, 7) is 0. The Balaban J connectivity index is 2.45. The Kier molecular flexibility index (Phi) is 4.20. The van der Waals surface area contributed by atoms with Crippen LogP contribution in [0.15, 0.2) is 58.8 Å². The van der Waals surface area contributed by atoms with Crippen molar-refractivity contribution in [3.8, 4) is 0 Å². The molecule has 0 fully saturated rings. The van der Waals surface area contributed by atoms with Gasteiger partial charge in [0.25, 0.3) is 0 Å². The first-order chi connectivity index (χ1) is 10.2. The van der Waals surface area contributed by atoms with Gasteiger partial charge in [-0.05, 0) is 30.3 Å². The number of rotatable bonds is 2. The van der Waals surface area contributed by atoms with Crippen LogP contribution in [-0.2, 0) is 12.4 Å². The highest BCUT2D eigenvalue weighted by Gasteiger charge is 2.36. The summed E-state index contributed by atoms with van der Waals surface area (Å²) in [5.74, 6) is 0. The molecule has 0 radical (unpaired) electrons. The fourth-order valence-corrected chi connectivity index (χ4v) is 1.61. The van der Waals surface area contributed by atoms with Crippen molar-refractivity contribution in [1.29, 1.82) is 0 Å². The third-order valence-electron chi connectivity index (χ3n) is 2.61. The van der Waals surface area contributed by atoms with Crippen molar-refractivity contribution < 1.29 is 26.3 Å². The van der Waals surface area contributed by atoms with Gasteiger partial charge in [0.05, 0.1) is 22.5 Å².